The Hall–Kier alpha value is -4.25. The lowest BCUT2D eigenvalue weighted by Crippen LogP contribution is -2.02. The maximum absolute atomic E-state index is 13.4. The van der Waals surface area contributed by atoms with Crippen molar-refractivity contribution in [3.63, 3.8) is 0 Å². The Morgan fingerprint density at radius 3 is 0.574 bits per heavy atom. The van der Waals surface area contributed by atoms with Gasteiger partial charge < -0.3 is 0 Å². The minimum absolute atomic E-state index is 0.104. The summed E-state index contributed by atoms with van der Waals surface area (Å²) in [6.45, 7) is 0. The molecule has 0 fully saturated rings. The molecular formula is C36H24Cl2O6S3. The standard InChI is InChI=1S/C36H24Cl2O6S3/c37-29-9-21-35(22-10-29)46(41,42)33-17-5-27(6-18-33)25-1-13-31(14-2-25)45(39,40)32-15-3-26(4-16-32)28-7-19-34(20-8-28)47(43,44)36-23-11-30(38)12-24-36/h1-24H. The molecule has 0 spiro atoms. The predicted molar refractivity (Wildman–Crippen MR) is 183 cm³/mol. The number of hydrogen-bond acceptors (Lipinski definition) is 6. The Balaban J connectivity index is 1.17. The maximum atomic E-state index is 13.4. The Kier molecular flexibility index (Phi) is 8.86. The SMILES string of the molecule is O=S(=O)(c1ccc(Cl)cc1)c1ccc(-c2ccc(S(=O)(=O)c3ccc(-c4ccc(S(=O)(=O)c5ccc(Cl)cc5)cc4)cc3)cc2)cc1. The summed E-state index contributed by atoms with van der Waals surface area (Å²) in [5.41, 5.74) is 2.88. The molecule has 6 aromatic rings. The minimum Gasteiger partial charge on any atom is -0.219 e. The van der Waals surface area contributed by atoms with Crippen LogP contribution in [0.15, 0.2) is 175 Å². The van der Waals surface area contributed by atoms with Gasteiger partial charge in [-0.25, -0.2) is 25.3 Å². The van der Waals surface area contributed by atoms with E-state index in [9.17, 15) is 25.3 Å². The van der Waals surface area contributed by atoms with Crippen LogP contribution in [-0.2, 0) is 29.5 Å². The summed E-state index contributed by atoms with van der Waals surface area (Å²) in [7, 11) is -11.3. The normalized spacial score (nSPS) is 12.1. The molecule has 0 saturated carbocycles. The Morgan fingerprint density at radius 1 is 0.255 bits per heavy atom. The van der Waals surface area contributed by atoms with Crippen molar-refractivity contribution in [1.29, 1.82) is 0 Å². The third kappa shape index (κ3) is 6.63. The molecule has 6 aromatic carbocycles. The van der Waals surface area contributed by atoms with Crippen molar-refractivity contribution in [2.45, 2.75) is 29.4 Å². The lowest BCUT2D eigenvalue weighted by atomic mass is 10.1. The molecule has 0 heterocycles. The molecule has 11 heteroatoms. The van der Waals surface area contributed by atoms with Gasteiger partial charge >= 0.3 is 0 Å². The van der Waals surface area contributed by atoms with E-state index in [1.54, 1.807) is 48.5 Å². The highest BCUT2D eigenvalue weighted by molar-refractivity contribution is 7.92. The molecule has 0 aliphatic carbocycles. The number of sulfone groups is 3. The van der Waals surface area contributed by atoms with Gasteiger partial charge in [-0.15, -0.1) is 0 Å². The Morgan fingerprint density at radius 2 is 0.404 bits per heavy atom. The molecule has 0 unspecified atom stereocenters. The predicted octanol–water partition coefficient (Wildman–Crippen LogP) is 8.83. The molecular weight excluding hydrogens is 695 g/mol. The fourth-order valence-electron chi connectivity index (χ4n) is 4.94. The van der Waals surface area contributed by atoms with E-state index in [1.807, 2.05) is 0 Å². The average molecular weight is 720 g/mol. The van der Waals surface area contributed by atoms with E-state index in [1.165, 1.54) is 97.1 Å². The van der Waals surface area contributed by atoms with E-state index in [0.29, 0.717) is 10.0 Å². The zero-order valence-corrected chi connectivity index (χ0v) is 28.2. The highest BCUT2D eigenvalue weighted by Gasteiger charge is 2.20. The fourth-order valence-corrected chi connectivity index (χ4v) is 8.98. The molecule has 0 bridgehead atoms. The Bertz CT molecular complexity index is 2220. The third-order valence-corrected chi connectivity index (χ3v) is 13.4. The zero-order valence-electron chi connectivity index (χ0n) is 24.3. The zero-order chi connectivity index (χ0) is 33.4. The quantitative estimate of drug-likeness (QED) is 0.156. The van der Waals surface area contributed by atoms with Crippen molar-refractivity contribution >= 4 is 52.7 Å². The van der Waals surface area contributed by atoms with E-state index in [2.05, 4.69) is 0 Å². The first-order valence-corrected chi connectivity index (χ1v) is 19.2. The van der Waals surface area contributed by atoms with Gasteiger partial charge in [-0.2, -0.15) is 0 Å². The van der Waals surface area contributed by atoms with E-state index in [0.717, 1.165) is 22.3 Å². The van der Waals surface area contributed by atoms with Crippen molar-refractivity contribution in [3.05, 3.63) is 156 Å². The van der Waals surface area contributed by atoms with Crippen molar-refractivity contribution < 1.29 is 25.3 Å². The highest BCUT2D eigenvalue weighted by Crippen LogP contribution is 2.30. The van der Waals surface area contributed by atoms with Gasteiger partial charge in [0.2, 0.25) is 29.5 Å². The van der Waals surface area contributed by atoms with Crippen LogP contribution >= 0.6 is 23.2 Å². The van der Waals surface area contributed by atoms with Gasteiger partial charge in [0, 0.05) is 10.0 Å². The Labute approximate surface area is 283 Å². The molecule has 6 rings (SSSR count). The number of benzene rings is 6. The van der Waals surface area contributed by atoms with Gasteiger partial charge in [-0.1, -0.05) is 71.7 Å². The second-order valence-electron chi connectivity index (χ2n) is 10.5. The number of rotatable bonds is 8. The summed E-state index contributed by atoms with van der Waals surface area (Å²) >= 11 is 11.8. The van der Waals surface area contributed by atoms with Gasteiger partial charge in [0.05, 0.1) is 29.4 Å². The molecule has 0 amide bonds. The van der Waals surface area contributed by atoms with E-state index in [4.69, 9.17) is 23.2 Å². The lowest BCUT2D eigenvalue weighted by Gasteiger charge is -2.09. The van der Waals surface area contributed by atoms with Gasteiger partial charge in [-0.3, -0.25) is 0 Å². The summed E-state index contributed by atoms with van der Waals surface area (Å²) in [5, 5.41) is 0.881. The highest BCUT2D eigenvalue weighted by atomic mass is 35.5. The topological polar surface area (TPSA) is 102 Å². The smallest absolute Gasteiger partial charge is 0.206 e. The summed E-state index contributed by atoms with van der Waals surface area (Å²) in [6.07, 6.45) is 0. The molecule has 0 aliphatic heterocycles. The van der Waals surface area contributed by atoms with Crippen molar-refractivity contribution in [2.24, 2.45) is 0 Å². The minimum atomic E-state index is -3.83. The van der Waals surface area contributed by atoms with Gasteiger partial charge in [0.15, 0.2) is 0 Å². The average Bonchev–Trinajstić information content (AvgIpc) is 3.09. The molecule has 0 aliphatic rings. The van der Waals surface area contributed by atoms with Crippen molar-refractivity contribution in [3.8, 4) is 22.3 Å². The van der Waals surface area contributed by atoms with Crippen molar-refractivity contribution in [1.82, 2.24) is 0 Å². The second kappa shape index (κ2) is 12.7. The number of halogens is 2. The van der Waals surface area contributed by atoms with Gasteiger partial charge in [-0.05, 0) is 119 Å². The molecule has 0 saturated heterocycles. The van der Waals surface area contributed by atoms with Crippen LogP contribution in [0.5, 0.6) is 0 Å². The van der Waals surface area contributed by atoms with E-state index >= 15 is 0 Å². The van der Waals surface area contributed by atoms with Crippen molar-refractivity contribution in [2.75, 3.05) is 0 Å². The molecule has 6 nitrogen and oxygen atoms in total. The van der Waals surface area contributed by atoms with Crippen LogP contribution in [0, 0.1) is 0 Å². The van der Waals surface area contributed by atoms with Crippen LogP contribution in [0.2, 0.25) is 10.0 Å². The first kappa shape index (κ1) is 32.7. The third-order valence-electron chi connectivity index (χ3n) is 7.57. The van der Waals surface area contributed by atoms with Crippen LogP contribution < -0.4 is 0 Å². The molecule has 0 aromatic heterocycles. The molecule has 236 valence electrons. The summed E-state index contributed by atoms with van der Waals surface area (Å²) in [5.74, 6) is 0. The van der Waals surface area contributed by atoms with Crippen LogP contribution in [-0.4, -0.2) is 25.3 Å². The first-order valence-electron chi connectivity index (χ1n) is 14.0. The van der Waals surface area contributed by atoms with Crippen LogP contribution in [0.1, 0.15) is 0 Å². The maximum Gasteiger partial charge on any atom is 0.206 e. The summed E-state index contributed by atoms with van der Waals surface area (Å²) in [6, 6.07) is 37.3. The second-order valence-corrected chi connectivity index (χ2v) is 17.2. The summed E-state index contributed by atoms with van der Waals surface area (Å²) in [4.78, 5) is 0.738. The summed E-state index contributed by atoms with van der Waals surface area (Å²) < 4.78 is 78.6. The number of hydrogen-bond donors (Lipinski definition) is 0. The van der Waals surface area contributed by atoms with Gasteiger partial charge in [0.1, 0.15) is 0 Å². The van der Waals surface area contributed by atoms with Gasteiger partial charge in [0.25, 0.3) is 0 Å². The largest absolute Gasteiger partial charge is 0.219 e. The molecule has 47 heavy (non-hydrogen) atoms. The first-order chi connectivity index (χ1) is 22.4. The van der Waals surface area contributed by atoms with E-state index < -0.39 is 29.5 Å². The fraction of sp³-hybridized carbons (Fsp3) is 0. The molecule has 0 N–H and O–H groups in total. The van der Waals surface area contributed by atoms with E-state index in [-0.39, 0.29) is 29.4 Å². The monoisotopic (exact) mass is 718 g/mol. The lowest BCUT2D eigenvalue weighted by molar-refractivity contribution is 0.594. The van der Waals surface area contributed by atoms with Crippen LogP contribution in [0.3, 0.4) is 0 Å². The van der Waals surface area contributed by atoms with Crippen LogP contribution in [0.25, 0.3) is 22.3 Å². The molecule has 0 atom stereocenters. The molecule has 0 radical (unpaired) electrons. The van der Waals surface area contributed by atoms with Crippen LogP contribution in [0.4, 0.5) is 0 Å².